The highest BCUT2D eigenvalue weighted by atomic mass is 35.5. The first-order valence-electron chi connectivity index (χ1n) is 10.1. The summed E-state index contributed by atoms with van der Waals surface area (Å²) in [6.07, 6.45) is 2.07. The Balaban J connectivity index is 1.38. The number of nitrogens with zero attached hydrogens (tertiary/aromatic N) is 1. The normalized spacial score (nSPS) is 18.6. The van der Waals surface area contributed by atoms with Gasteiger partial charge in [-0.3, -0.25) is 19.2 Å². The largest absolute Gasteiger partial charge is 0.324 e. The molecule has 0 radical (unpaired) electrons. The Morgan fingerprint density at radius 1 is 1.03 bits per heavy atom. The molecule has 0 aromatic heterocycles. The number of Topliss-reactive ketones (excluding diaryl/α,β-unsaturated/α-hetero) is 3. The average Bonchev–Trinajstić information content (AvgIpc) is 3.04. The minimum atomic E-state index is -0.507. The second-order valence-electron chi connectivity index (χ2n) is 8.00. The van der Waals surface area contributed by atoms with Gasteiger partial charge in [0.25, 0.3) is 5.91 Å². The summed E-state index contributed by atoms with van der Waals surface area (Å²) in [7, 11) is 0. The van der Waals surface area contributed by atoms with Gasteiger partial charge in [-0.25, -0.2) is 0 Å². The Kier molecular flexibility index (Phi) is 5.82. The van der Waals surface area contributed by atoms with Crippen LogP contribution >= 0.6 is 11.6 Å². The number of carbonyl (C=O) groups is 4. The summed E-state index contributed by atoms with van der Waals surface area (Å²) < 4.78 is 0. The highest BCUT2D eigenvalue weighted by Gasteiger charge is 2.38. The first kappa shape index (κ1) is 20.5. The SMILES string of the molecule is O=C1CCC(N2Cc3cc(CCC(=O)Cc4ccc(Cl)cc4)ccc3C2=O)C(=O)C1. The topological polar surface area (TPSA) is 71.5 Å². The molecule has 0 bridgehead atoms. The summed E-state index contributed by atoms with van der Waals surface area (Å²) in [4.78, 5) is 50.4. The number of hydrogen-bond acceptors (Lipinski definition) is 4. The number of ketones is 3. The molecule has 1 fully saturated rings. The van der Waals surface area contributed by atoms with Gasteiger partial charge in [-0.1, -0.05) is 35.9 Å². The van der Waals surface area contributed by atoms with Gasteiger partial charge in [0.2, 0.25) is 0 Å². The third-order valence-electron chi connectivity index (χ3n) is 5.82. The summed E-state index contributed by atoms with van der Waals surface area (Å²) in [5, 5.41) is 0.648. The molecule has 0 saturated heterocycles. The molecule has 2 aromatic rings. The van der Waals surface area contributed by atoms with Crippen molar-refractivity contribution in [1.29, 1.82) is 0 Å². The van der Waals surface area contributed by atoms with E-state index in [-0.39, 0.29) is 29.7 Å². The third-order valence-corrected chi connectivity index (χ3v) is 6.08. The van der Waals surface area contributed by atoms with E-state index in [1.807, 2.05) is 24.3 Å². The molecule has 4 rings (SSSR count). The molecule has 0 spiro atoms. The quantitative estimate of drug-likeness (QED) is 0.664. The molecule has 154 valence electrons. The average molecular weight is 424 g/mol. The van der Waals surface area contributed by atoms with E-state index in [2.05, 4.69) is 0 Å². The van der Waals surface area contributed by atoms with E-state index < -0.39 is 6.04 Å². The zero-order valence-corrected chi connectivity index (χ0v) is 17.3. The van der Waals surface area contributed by atoms with Crippen molar-refractivity contribution in [2.75, 3.05) is 0 Å². The number of fused-ring (bicyclic) bond motifs is 1. The van der Waals surface area contributed by atoms with Crippen LogP contribution in [0.4, 0.5) is 0 Å². The van der Waals surface area contributed by atoms with Crippen molar-refractivity contribution in [3.63, 3.8) is 0 Å². The van der Waals surface area contributed by atoms with Crippen molar-refractivity contribution < 1.29 is 19.2 Å². The molecule has 6 heteroatoms. The van der Waals surface area contributed by atoms with E-state index in [1.165, 1.54) is 0 Å². The van der Waals surface area contributed by atoms with Crippen LogP contribution in [0.1, 0.15) is 52.7 Å². The van der Waals surface area contributed by atoms with Crippen LogP contribution in [0.5, 0.6) is 0 Å². The van der Waals surface area contributed by atoms with Crippen LogP contribution < -0.4 is 0 Å². The lowest BCUT2D eigenvalue weighted by Gasteiger charge is -2.29. The summed E-state index contributed by atoms with van der Waals surface area (Å²) in [5.74, 6) is -0.220. The molecule has 1 amide bonds. The van der Waals surface area contributed by atoms with Gasteiger partial charge < -0.3 is 4.90 Å². The monoisotopic (exact) mass is 423 g/mol. The highest BCUT2D eigenvalue weighted by Crippen LogP contribution is 2.29. The van der Waals surface area contributed by atoms with Crippen molar-refractivity contribution in [3.05, 3.63) is 69.7 Å². The summed E-state index contributed by atoms with van der Waals surface area (Å²) in [6.45, 7) is 0.380. The molecule has 1 aliphatic carbocycles. The lowest BCUT2D eigenvalue weighted by atomic mass is 9.92. The Labute approximate surface area is 180 Å². The molecule has 1 saturated carbocycles. The van der Waals surface area contributed by atoms with Crippen LogP contribution in [0.2, 0.25) is 5.02 Å². The van der Waals surface area contributed by atoms with Crippen molar-refractivity contribution in [2.24, 2.45) is 0 Å². The molecule has 1 heterocycles. The summed E-state index contributed by atoms with van der Waals surface area (Å²) in [6, 6.07) is 12.4. The van der Waals surface area contributed by atoms with E-state index in [4.69, 9.17) is 11.6 Å². The third kappa shape index (κ3) is 4.36. The predicted octanol–water partition coefficient (Wildman–Crippen LogP) is 3.73. The molecule has 0 N–H and O–H groups in total. The van der Waals surface area contributed by atoms with Gasteiger partial charge in [0.05, 0.1) is 12.5 Å². The fourth-order valence-corrected chi connectivity index (χ4v) is 4.32. The second kappa shape index (κ2) is 8.52. The van der Waals surface area contributed by atoms with Crippen molar-refractivity contribution >= 4 is 34.9 Å². The van der Waals surface area contributed by atoms with Gasteiger partial charge in [0, 0.05) is 36.4 Å². The number of amides is 1. The molecule has 2 aliphatic rings. The standard InChI is InChI=1S/C24H22ClNO4/c25-18-5-1-16(2-6-18)12-19(27)7-3-15-4-9-21-17(11-15)14-26(24(21)30)22-10-8-20(28)13-23(22)29/h1-2,4-6,9,11,22H,3,7-8,10,12-14H2. The van der Waals surface area contributed by atoms with Crippen LogP contribution in [0, 0.1) is 0 Å². The van der Waals surface area contributed by atoms with Crippen LogP contribution in [-0.4, -0.2) is 34.2 Å². The minimum absolute atomic E-state index is 0.0500. The lowest BCUT2D eigenvalue weighted by Crippen LogP contribution is -2.44. The van der Waals surface area contributed by atoms with E-state index in [0.29, 0.717) is 49.2 Å². The lowest BCUT2D eigenvalue weighted by molar-refractivity contribution is -0.133. The molecule has 1 unspecified atom stereocenters. The molecular formula is C24H22ClNO4. The first-order valence-corrected chi connectivity index (χ1v) is 10.5. The van der Waals surface area contributed by atoms with Crippen LogP contribution in [0.25, 0.3) is 0 Å². The Hall–Kier alpha value is -2.79. The van der Waals surface area contributed by atoms with E-state index in [0.717, 1.165) is 16.7 Å². The first-order chi connectivity index (χ1) is 14.4. The fourth-order valence-electron chi connectivity index (χ4n) is 4.19. The zero-order valence-electron chi connectivity index (χ0n) is 16.5. The van der Waals surface area contributed by atoms with E-state index >= 15 is 0 Å². The number of hydrogen-bond donors (Lipinski definition) is 0. The minimum Gasteiger partial charge on any atom is -0.324 e. The maximum absolute atomic E-state index is 12.8. The van der Waals surface area contributed by atoms with Crippen LogP contribution in [0.3, 0.4) is 0 Å². The zero-order chi connectivity index (χ0) is 21.3. The number of halogens is 1. The number of rotatable bonds is 6. The van der Waals surface area contributed by atoms with Gasteiger partial charge in [0.1, 0.15) is 11.6 Å². The van der Waals surface area contributed by atoms with Crippen molar-refractivity contribution in [1.82, 2.24) is 4.90 Å². The molecule has 30 heavy (non-hydrogen) atoms. The smallest absolute Gasteiger partial charge is 0.255 e. The van der Waals surface area contributed by atoms with Crippen molar-refractivity contribution in [3.8, 4) is 0 Å². The maximum atomic E-state index is 12.8. The molecule has 5 nitrogen and oxygen atoms in total. The second-order valence-corrected chi connectivity index (χ2v) is 8.44. The Morgan fingerprint density at radius 2 is 1.77 bits per heavy atom. The summed E-state index contributed by atoms with van der Waals surface area (Å²) >= 11 is 5.87. The Morgan fingerprint density at radius 3 is 2.50 bits per heavy atom. The van der Waals surface area contributed by atoms with Crippen LogP contribution in [0.15, 0.2) is 42.5 Å². The van der Waals surface area contributed by atoms with E-state index in [1.54, 1.807) is 23.1 Å². The maximum Gasteiger partial charge on any atom is 0.255 e. The van der Waals surface area contributed by atoms with E-state index in [9.17, 15) is 19.2 Å². The van der Waals surface area contributed by atoms with Gasteiger partial charge in [-0.05, 0) is 47.7 Å². The number of carbonyl (C=O) groups excluding carboxylic acids is 4. The molecule has 1 atom stereocenters. The van der Waals surface area contributed by atoms with Crippen molar-refractivity contribution in [2.45, 2.75) is 51.1 Å². The van der Waals surface area contributed by atoms with Gasteiger partial charge in [-0.2, -0.15) is 0 Å². The molecule has 2 aromatic carbocycles. The molecular weight excluding hydrogens is 402 g/mol. The number of benzene rings is 2. The molecule has 1 aliphatic heterocycles. The predicted molar refractivity (Wildman–Crippen MR) is 112 cm³/mol. The number of aryl methyl sites for hydroxylation is 1. The summed E-state index contributed by atoms with van der Waals surface area (Å²) in [5.41, 5.74) is 3.43. The highest BCUT2D eigenvalue weighted by molar-refractivity contribution is 6.30. The fraction of sp³-hybridized carbons (Fsp3) is 0.333. The van der Waals surface area contributed by atoms with Gasteiger partial charge in [-0.15, -0.1) is 0 Å². The van der Waals surface area contributed by atoms with Gasteiger partial charge in [0.15, 0.2) is 5.78 Å². The van der Waals surface area contributed by atoms with Crippen LogP contribution in [-0.2, 0) is 33.8 Å². The van der Waals surface area contributed by atoms with Gasteiger partial charge >= 0.3 is 0 Å². The Bertz CT molecular complexity index is 1030.